The Kier molecular flexibility index (Phi) is 4.80. The van der Waals surface area contributed by atoms with Crippen molar-refractivity contribution in [2.24, 2.45) is 11.7 Å². The molecule has 1 saturated carbocycles. The van der Waals surface area contributed by atoms with E-state index in [4.69, 9.17) is 15.2 Å². The van der Waals surface area contributed by atoms with Crippen LogP contribution in [-0.4, -0.2) is 31.3 Å². The molecule has 0 bridgehead atoms. The normalized spacial score (nSPS) is 27.9. The van der Waals surface area contributed by atoms with Gasteiger partial charge in [0.25, 0.3) is 0 Å². The van der Waals surface area contributed by atoms with Crippen molar-refractivity contribution in [3.05, 3.63) is 0 Å². The van der Waals surface area contributed by atoms with E-state index in [9.17, 15) is 4.79 Å². The van der Waals surface area contributed by atoms with Gasteiger partial charge in [-0.1, -0.05) is 19.3 Å². The maximum Gasteiger partial charge on any atom is 0.323 e. The topological polar surface area (TPSA) is 61.6 Å². The highest BCUT2D eigenvalue weighted by molar-refractivity contribution is 5.75. The van der Waals surface area contributed by atoms with Crippen molar-refractivity contribution in [2.75, 3.05) is 13.2 Å². The van der Waals surface area contributed by atoms with Gasteiger partial charge in [0.2, 0.25) is 0 Å². The lowest BCUT2D eigenvalue weighted by atomic mass is 9.84. The van der Waals surface area contributed by atoms with E-state index in [0.29, 0.717) is 12.5 Å². The number of rotatable bonds is 4. The molecule has 0 aromatic heterocycles. The summed E-state index contributed by atoms with van der Waals surface area (Å²) in [6, 6.07) is -0.434. The average molecular weight is 241 g/mol. The van der Waals surface area contributed by atoms with E-state index in [1.54, 1.807) is 0 Å². The Bertz CT molecular complexity index is 245. The van der Waals surface area contributed by atoms with E-state index in [-0.39, 0.29) is 12.1 Å². The molecule has 98 valence electrons. The van der Waals surface area contributed by atoms with Crippen molar-refractivity contribution in [3.8, 4) is 0 Å². The first-order chi connectivity index (χ1) is 8.27. The molecule has 2 unspecified atom stereocenters. The lowest BCUT2D eigenvalue weighted by Crippen LogP contribution is -2.41. The van der Waals surface area contributed by atoms with E-state index in [2.05, 4.69) is 0 Å². The zero-order chi connectivity index (χ0) is 12.1. The van der Waals surface area contributed by atoms with Crippen LogP contribution in [0.5, 0.6) is 0 Å². The van der Waals surface area contributed by atoms with E-state index in [1.807, 2.05) is 0 Å². The molecule has 1 aliphatic carbocycles. The Labute approximate surface area is 103 Å². The van der Waals surface area contributed by atoms with Crippen LogP contribution in [0.1, 0.15) is 44.9 Å². The van der Waals surface area contributed by atoms with Crippen LogP contribution in [0.2, 0.25) is 0 Å². The summed E-state index contributed by atoms with van der Waals surface area (Å²) in [6.45, 7) is 1.16. The third-order valence-corrected chi connectivity index (χ3v) is 3.87. The van der Waals surface area contributed by atoms with Gasteiger partial charge in [-0.05, 0) is 31.6 Å². The van der Waals surface area contributed by atoms with E-state index >= 15 is 0 Å². The summed E-state index contributed by atoms with van der Waals surface area (Å²) in [5.74, 6) is 0.0770. The van der Waals surface area contributed by atoms with Crippen molar-refractivity contribution in [1.29, 1.82) is 0 Å². The maximum absolute atomic E-state index is 11.8. The number of hydrogen-bond donors (Lipinski definition) is 1. The minimum absolute atomic E-state index is 0.0949. The molecule has 1 saturated heterocycles. The molecule has 0 aromatic rings. The summed E-state index contributed by atoms with van der Waals surface area (Å²) in [6.07, 6.45) is 7.94. The van der Waals surface area contributed by atoms with Crippen LogP contribution in [-0.2, 0) is 14.3 Å². The van der Waals surface area contributed by atoms with Crippen molar-refractivity contribution in [1.82, 2.24) is 0 Å². The minimum Gasteiger partial charge on any atom is -0.462 e. The molecule has 17 heavy (non-hydrogen) atoms. The quantitative estimate of drug-likeness (QED) is 0.760. The Morgan fingerprint density at radius 1 is 1.24 bits per heavy atom. The van der Waals surface area contributed by atoms with Crippen LogP contribution in [0.4, 0.5) is 0 Å². The third kappa shape index (κ3) is 3.68. The molecule has 2 rings (SSSR count). The van der Waals surface area contributed by atoms with Crippen molar-refractivity contribution >= 4 is 5.97 Å². The van der Waals surface area contributed by atoms with Gasteiger partial charge in [0.15, 0.2) is 0 Å². The zero-order valence-electron chi connectivity index (χ0n) is 10.4. The van der Waals surface area contributed by atoms with E-state index < -0.39 is 6.04 Å². The second-order valence-corrected chi connectivity index (χ2v) is 5.19. The Hall–Kier alpha value is -0.610. The zero-order valence-corrected chi connectivity index (χ0v) is 10.4. The van der Waals surface area contributed by atoms with Crippen molar-refractivity contribution in [2.45, 2.75) is 57.1 Å². The minimum atomic E-state index is -0.434. The van der Waals surface area contributed by atoms with Gasteiger partial charge in [-0.3, -0.25) is 4.79 Å². The summed E-state index contributed by atoms with van der Waals surface area (Å²) in [5.41, 5.74) is 5.96. The molecule has 1 aliphatic heterocycles. The van der Waals surface area contributed by atoms with Gasteiger partial charge in [-0.2, -0.15) is 0 Å². The van der Waals surface area contributed by atoms with Gasteiger partial charge >= 0.3 is 5.97 Å². The number of nitrogens with two attached hydrogens (primary N) is 1. The van der Waals surface area contributed by atoms with Gasteiger partial charge in [0.1, 0.15) is 12.6 Å². The molecule has 0 amide bonds. The molecule has 0 aromatic carbocycles. The Morgan fingerprint density at radius 3 is 2.65 bits per heavy atom. The number of carbonyl (C=O) groups is 1. The van der Waals surface area contributed by atoms with Gasteiger partial charge in [0, 0.05) is 6.61 Å². The van der Waals surface area contributed by atoms with Gasteiger partial charge < -0.3 is 15.2 Å². The lowest BCUT2D eigenvalue weighted by molar-refractivity contribution is -0.150. The first kappa shape index (κ1) is 12.8. The fourth-order valence-corrected chi connectivity index (χ4v) is 2.73. The SMILES string of the molecule is NC(C(=O)OCC1CCCO1)C1CCCCC1. The van der Waals surface area contributed by atoms with Crippen molar-refractivity contribution in [3.63, 3.8) is 0 Å². The number of carbonyl (C=O) groups excluding carboxylic acids is 1. The number of ether oxygens (including phenoxy) is 2. The summed E-state index contributed by atoms with van der Waals surface area (Å²) < 4.78 is 10.7. The average Bonchev–Trinajstić information content (AvgIpc) is 2.89. The Morgan fingerprint density at radius 2 is 2.00 bits per heavy atom. The van der Waals surface area contributed by atoms with Crippen LogP contribution >= 0.6 is 0 Å². The fraction of sp³-hybridized carbons (Fsp3) is 0.923. The second-order valence-electron chi connectivity index (χ2n) is 5.19. The monoisotopic (exact) mass is 241 g/mol. The predicted octanol–water partition coefficient (Wildman–Crippen LogP) is 1.62. The largest absolute Gasteiger partial charge is 0.462 e. The maximum atomic E-state index is 11.8. The van der Waals surface area contributed by atoms with Gasteiger partial charge in [0.05, 0.1) is 6.10 Å². The number of hydrogen-bond acceptors (Lipinski definition) is 4. The molecular formula is C13H23NO3. The van der Waals surface area contributed by atoms with Crippen LogP contribution in [0.15, 0.2) is 0 Å². The second kappa shape index (κ2) is 6.36. The van der Waals surface area contributed by atoms with Crippen LogP contribution < -0.4 is 5.73 Å². The first-order valence-electron chi connectivity index (χ1n) is 6.81. The first-order valence-corrected chi connectivity index (χ1v) is 6.81. The van der Waals surface area contributed by atoms with Crippen LogP contribution in [0.25, 0.3) is 0 Å². The summed E-state index contributed by atoms with van der Waals surface area (Å²) in [7, 11) is 0. The molecular weight excluding hydrogens is 218 g/mol. The van der Waals surface area contributed by atoms with E-state index in [1.165, 1.54) is 19.3 Å². The smallest absolute Gasteiger partial charge is 0.323 e. The Balaban J connectivity index is 1.70. The summed E-state index contributed by atoms with van der Waals surface area (Å²) in [4.78, 5) is 11.8. The predicted molar refractivity (Wildman–Crippen MR) is 64.5 cm³/mol. The van der Waals surface area contributed by atoms with Gasteiger partial charge in [-0.15, -0.1) is 0 Å². The number of esters is 1. The molecule has 4 heteroatoms. The van der Waals surface area contributed by atoms with E-state index in [0.717, 1.165) is 32.3 Å². The summed E-state index contributed by atoms with van der Waals surface area (Å²) in [5, 5.41) is 0. The van der Waals surface area contributed by atoms with Crippen LogP contribution in [0.3, 0.4) is 0 Å². The molecule has 2 N–H and O–H groups in total. The molecule has 0 radical (unpaired) electrons. The van der Waals surface area contributed by atoms with Gasteiger partial charge in [-0.25, -0.2) is 0 Å². The summed E-state index contributed by atoms with van der Waals surface area (Å²) >= 11 is 0. The fourth-order valence-electron chi connectivity index (χ4n) is 2.73. The highest BCUT2D eigenvalue weighted by Crippen LogP contribution is 2.26. The van der Waals surface area contributed by atoms with Crippen LogP contribution in [0, 0.1) is 5.92 Å². The standard InChI is InChI=1S/C13H23NO3/c14-12(10-5-2-1-3-6-10)13(15)17-9-11-7-4-8-16-11/h10-12H,1-9,14H2. The van der Waals surface area contributed by atoms with Crippen molar-refractivity contribution < 1.29 is 14.3 Å². The lowest BCUT2D eigenvalue weighted by Gasteiger charge is -2.26. The highest BCUT2D eigenvalue weighted by Gasteiger charge is 2.28. The molecule has 1 heterocycles. The molecule has 2 aliphatic rings. The molecule has 4 nitrogen and oxygen atoms in total. The molecule has 0 spiro atoms. The highest BCUT2D eigenvalue weighted by atomic mass is 16.6. The third-order valence-electron chi connectivity index (χ3n) is 3.87. The molecule has 2 atom stereocenters. The molecule has 2 fully saturated rings.